The lowest BCUT2D eigenvalue weighted by atomic mass is 10.1. The summed E-state index contributed by atoms with van der Waals surface area (Å²) in [5.41, 5.74) is 0.701. The first-order chi connectivity index (χ1) is 12.7. The van der Waals surface area contributed by atoms with Crippen molar-refractivity contribution in [2.75, 3.05) is 0 Å². The zero-order chi connectivity index (χ0) is 19.5. The summed E-state index contributed by atoms with van der Waals surface area (Å²) in [6.07, 6.45) is 0.599. The van der Waals surface area contributed by atoms with Crippen molar-refractivity contribution in [2.45, 2.75) is 24.2 Å². The molecule has 9 heteroatoms. The van der Waals surface area contributed by atoms with E-state index in [1.807, 2.05) is 22.9 Å². The van der Waals surface area contributed by atoms with E-state index >= 15 is 0 Å². The van der Waals surface area contributed by atoms with Gasteiger partial charge in [0, 0.05) is 25.5 Å². The molecule has 0 amide bonds. The number of hydrogen-bond donors (Lipinski definition) is 1. The third kappa shape index (κ3) is 4.95. The van der Waals surface area contributed by atoms with E-state index in [2.05, 4.69) is 9.71 Å². The number of benzene rings is 2. The Balaban J connectivity index is 1.67. The summed E-state index contributed by atoms with van der Waals surface area (Å²) in [6.45, 7) is 0.611. The zero-order valence-electron chi connectivity index (χ0n) is 14.0. The van der Waals surface area contributed by atoms with Crippen molar-refractivity contribution in [1.82, 2.24) is 14.3 Å². The van der Waals surface area contributed by atoms with E-state index in [0.29, 0.717) is 18.2 Å². The highest BCUT2D eigenvalue weighted by molar-refractivity contribution is 7.89. The number of sulfonamides is 1. The van der Waals surface area contributed by atoms with E-state index < -0.39 is 26.7 Å². The molecule has 0 fully saturated rings. The first-order valence-electron chi connectivity index (χ1n) is 7.94. The molecule has 3 aromatic rings. The monoisotopic (exact) mass is 395 g/mol. The molecule has 0 atom stereocenters. The molecule has 0 saturated heterocycles. The Bertz CT molecular complexity index is 999. The minimum absolute atomic E-state index is 0.0239. The van der Waals surface area contributed by atoms with E-state index in [9.17, 15) is 21.6 Å². The van der Waals surface area contributed by atoms with Gasteiger partial charge in [-0.2, -0.15) is 13.2 Å². The number of alkyl halides is 3. The largest absolute Gasteiger partial charge is 0.416 e. The standard InChI is InChI=1S/C18H16F3N3O2S/c19-18(20,21)16-2-1-3-17(10-16)27(25,26)23-11-14-4-6-15(7-5-14)12-24-9-8-22-13-24/h1-10,13,23H,11-12H2. The summed E-state index contributed by atoms with van der Waals surface area (Å²) in [5.74, 6) is 0. The predicted molar refractivity (Wildman–Crippen MR) is 93.2 cm³/mol. The van der Waals surface area contributed by atoms with Gasteiger partial charge in [0.2, 0.25) is 10.0 Å². The number of nitrogens with one attached hydrogen (secondary N) is 1. The van der Waals surface area contributed by atoms with Crippen LogP contribution in [0.15, 0.2) is 72.1 Å². The Morgan fingerprint density at radius 3 is 2.37 bits per heavy atom. The third-order valence-electron chi connectivity index (χ3n) is 3.89. The average Bonchev–Trinajstić information content (AvgIpc) is 3.14. The fourth-order valence-corrected chi connectivity index (χ4v) is 3.52. The van der Waals surface area contributed by atoms with Gasteiger partial charge in [-0.3, -0.25) is 0 Å². The van der Waals surface area contributed by atoms with Gasteiger partial charge in [-0.25, -0.2) is 18.1 Å². The van der Waals surface area contributed by atoms with Crippen LogP contribution in [0.5, 0.6) is 0 Å². The first kappa shape index (κ1) is 19.1. The number of rotatable bonds is 6. The Morgan fingerprint density at radius 2 is 1.74 bits per heavy atom. The molecule has 0 unspecified atom stereocenters. The minimum Gasteiger partial charge on any atom is -0.333 e. The van der Waals surface area contributed by atoms with Crippen molar-refractivity contribution < 1.29 is 21.6 Å². The molecule has 1 N–H and O–H groups in total. The number of aromatic nitrogens is 2. The normalized spacial score (nSPS) is 12.3. The molecule has 142 valence electrons. The maximum Gasteiger partial charge on any atom is 0.416 e. The van der Waals surface area contributed by atoms with Crippen molar-refractivity contribution in [3.63, 3.8) is 0 Å². The third-order valence-corrected chi connectivity index (χ3v) is 5.28. The van der Waals surface area contributed by atoms with Crippen molar-refractivity contribution in [3.05, 3.63) is 83.9 Å². The molecule has 0 aliphatic carbocycles. The van der Waals surface area contributed by atoms with Crippen molar-refractivity contribution >= 4 is 10.0 Å². The molecule has 0 saturated carbocycles. The van der Waals surface area contributed by atoms with E-state index in [4.69, 9.17) is 0 Å². The molecule has 27 heavy (non-hydrogen) atoms. The summed E-state index contributed by atoms with van der Waals surface area (Å²) >= 11 is 0. The number of hydrogen-bond acceptors (Lipinski definition) is 3. The smallest absolute Gasteiger partial charge is 0.333 e. The van der Waals surface area contributed by atoms with Crippen LogP contribution < -0.4 is 4.72 Å². The first-order valence-corrected chi connectivity index (χ1v) is 9.43. The molecule has 0 aliphatic rings. The minimum atomic E-state index is -4.60. The fraction of sp³-hybridized carbons (Fsp3) is 0.167. The fourth-order valence-electron chi connectivity index (χ4n) is 2.45. The topological polar surface area (TPSA) is 64.0 Å². The maximum absolute atomic E-state index is 12.8. The lowest BCUT2D eigenvalue weighted by Crippen LogP contribution is -2.23. The van der Waals surface area contributed by atoms with E-state index in [1.54, 1.807) is 24.7 Å². The summed E-state index contributed by atoms with van der Waals surface area (Å²) in [7, 11) is -4.05. The van der Waals surface area contributed by atoms with Crippen LogP contribution in [-0.2, 0) is 29.3 Å². The van der Waals surface area contributed by atoms with Crippen molar-refractivity contribution in [2.24, 2.45) is 0 Å². The molecule has 5 nitrogen and oxygen atoms in total. The number of nitrogens with zero attached hydrogens (tertiary/aromatic N) is 2. The molecule has 0 spiro atoms. The lowest BCUT2D eigenvalue weighted by molar-refractivity contribution is -0.137. The van der Waals surface area contributed by atoms with Gasteiger partial charge in [-0.15, -0.1) is 0 Å². The van der Waals surface area contributed by atoms with Gasteiger partial charge in [0.15, 0.2) is 0 Å². The van der Waals surface area contributed by atoms with Gasteiger partial charge >= 0.3 is 6.18 Å². The van der Waals surface area contributed by atoms with Gasteiger partial charge < -0.3 is 4.57 Å². The maximum atomic E-state index is 12.8. The predicted octanol–water partition coefficient (Wildman–Crippen LogP) is 3.43. The molecular formula is C18H16F3N3O2S. The van der Waals surface area contributed by atoms with Crippen LogP contribution in [-0.4, -0.2) is 18.0 Å². The second-order valence-corrected chi connectivity index (χ2v) is 7.67. The summed E-state index contributed by atoms with van der Waals surface area (Å²) in [4.78, 5) is 3.54. The molecule has 0 aliphatic heterocycles. The molecule has 0 bridgehead atoms. The quantitative estimate of drug-likeness (QED) is 0.696. The lowest BCUT2D eigenvalue weighted by Gasteiger charge is -2.11. The molecule has 1 heterocycles. The Labute approximate surface area is 154 Å². The van der Waals surface area contributed by atoms with Gasteiger partial charge in [-0.05, 0) is 29.3 Å². The Morgan fingerprint density at radius 1 is 1.04 bits per heavy atom. The van der Waals surface area contributed by atoms with Crippen molar-refractivity contribution in [3.8, 4) is 0 Å². The molecule has 0 radical (unpaired) electrons. The highest BCUT2D eigenvalue weighted by Crippen LogP contribution is 2.30. The van der Waals surface area contributed by atoms with Crippen LogP contribution in [0.1, 0.15) is 16.7 Å². The van der Waals surface area contributed by atoms with Crippen LogP contribution in [0, 0.1) is 0 Å². The van der Waals surface area contributed by atoms with Crippen molar-refractivity contribution in [1.29, 1.82) is 0 Å². The van der Waals surface area contributed by atoms with Crippen LogP contribution in [0.25, 0.3) is 0 Å². The van der Waals surface area contributed by atoms with E-state index in [0.717, 1.165) is 23.8 Å². The number of halogens is 3. The van der Waals surface area contributed by atoms with Crippen LogP contribution in [0.4, 0.5) is 13.2 Å². The molecule has 1 aromatic heterocycles. The van der Waals surface area contributed by atoms with Crippen LogP contribution in [0.3, 0.4) is 0 Å². The van der Waals surface area contributed by atoms with Crippen LogP contribution >= 0.6 is 0 Å². The highest BCUT2D eigenvalue weighted by Gasteiger charge is 2.31. The average molecular weight is 395 g/mol. The summed E-state index contributed by atoms with van der Waals surface area (Å²) < 4.78 is 67.0. The van der Waals surface area contributed by atoms with E-state index in [-0.39, 0.29) is 6.54 Å². The summed E-state index contributed by atoms with van der Waals surface area (Å²) in [5, 5.41) is 0. The van der Waals surface area contributed by atoms with Gasteiger partial charge in [0.25, 0.3) is 0 Å². The highest BCUT2D eigenvalue weighted by atomic mass is 32.2. The van der Waals surface area contributed by atoms with Gasteiger partial charge in [-0.1, -0.05) is 30.3 Å². The second-order valence-electron chi connectivity index (χ2n) is 5.90. The zero-order valence-corrected chi connectivity index (χ0v) is 14.8. The Hall–Kier alpha value is -2.65. The van der Waals surface area contributed by atoms with Gasteiger partial charge in [0.05, 0.1) is 16.8 Å². The summed E-state index contributed by atoms with van der Waals surface area (Å²) in [6, 6.07) is 10.9. The molecular weight excluding hydrogens is 379 g/mol. The Kier molecular flexibility index (Phi) is 5.33. The molecule has 3 rings (SSSR count). The SMILES string of the molecule is O=S(=O)(NCc1ccc(Cn2ccnc2)cc1)c1cccc(C(F)(F)F)c1. The number of imidazole rings is 1. The molecule has 2 aromatic carbocycles. The van der Waals surface area contributed by atoms with E-state index in [1.165, 1.54) is 0 Å². The second kappa shape index (κ2) is 7.53. The van der Waals surface area contributed by atoms with Gasteiger partial charge in [0.1, 0.15) is 0 Å². The van der Waals surface area contributed by atoms with Crippen LogP contribution in [0.2, 0.25) is 0 Å².